The highest BCUT2D eigenvalue weighted by atomic mass is 35.5. The van der Waals surface area contributed by atoms with Gasteiger partial charge in [0.2, 0.25) is 0 Å². The molecule has 2 aromatic rings. The molecule has 0 aliphatic carbocycles. The molecule has 2 heterocycles. The normalized spacial score (nSPS) is 10.7. The molecule has 0 bridgehead atoms. The molecule has 0 fully saturated rings. The summed E-state index contributed by atoms with van der Waals surface area (Å²) in [5.41, 5.74) is 1.96. The van der Waals surface area contributed by atoms with Gasteiger partial charge >= 0.3 is 0 Å². The van der Waals surface area contributed by atoms with Crippen molar-refractivity contribution in [3.8, 4) is 0 Å². The fourth-order valence-electron chi connectivity index (χ4n) is 1.10. The van der Waals surface area contributed by atoms with E-state index in [9.17, 15) is 0 Å². The first-order valence-electron chi connectivity index (χ1n) is 3.37. The summed E-state index contributed by atoms with van der Waals surface area (Å²) in [7, 11) is 0. The number of rotatable bonds is 0. The minimum atomic E-state index is 0.767. The lowest BCUT2D eigenvalue weighted by molar-refractivity contribution is 1.16. The molecule has 0 atom stereocenters. The van der Waals surface area contributed by atoms with E-state index in [4.69, 9.17) is 11.6 Å². The Morgan fingerprint density at radius 1 is 1.45 bits per heavy atom. The van der Waals surface area contributed by atoms with Gasteiger partial charge in [-0.3, -0.25) is 0 Å². The molecule has 2 nitrogen and oxygen atoms in total. The highest BCUT2D eigenvalue weighted by molar-refractivity contribution is 6.31. The highest BCUT2D eigenvalue weighted by Crippen LogP contribution is 2.17. The molecule has 0 N–H and O–H groups in total. The summed E-state index contributed by atoms with van der Waals surface area (Å²) in [4.78, 5) is 4.16. The van der Waals surface area contributed by atoms with E-state index in [2.05, 4.69) is 4.98 Å². The summed E-state index contributed by atoms with van der Waals surface area (Å²) in [5.74, 6) is 0. The third-order valence-corrected chi connectivity index (χ3v) is 2.15. The number of halogens is 1. The first-order chi connectivity index (χ1) is 5.29. The average molecular weight is 167 g/mol. The average Bonchev–Trinajstić information content (AvgIpc) is 2.45. The molecule has 2 aromatic heterocycles. The van der Waals surface area contributed by atoms with Crippen LogP contribution >= 0.6 is 11.6 Å². The summed E-state index contributed by atoms with van der Waals surface area (Å²) < 4.78 is 1.95. The second-order valence-electron chi connectivity index (χ2n) is 2.45. The number of aryl methyl sites for hydroxylation is 1. The summed E-state index contributed by atoms with van der Waals surface area (Å²) in [6.45, 7) is 1.96. The molecule has 0 radical (unpaired) electrons. The second kappa shape index (κ2) is 2.24. The topological polar surface area (TPSA) is 17.3 Å². The molecule has 3 heteroatoms. The van der Waals surface area contributed by atoms with Crippen LogP contribution in [0.2, 0.25) is 5.02 Å². The Labute approximate surface area is 69.4 Å². The van der Waals surface area contributed by atoms with Crippen LogP contribution < -0.4 is 0 Å². The van der Waals surface area contributed by atoms with E-state index >= 15 is 0 Å². The summed E-state index contributed by atoms with van der Waals surface area (Å²) >= 11 is 5.89. The largest absolute Gasteiger partial charge is 0.307 e. The van der Waals surface area contributed by atoms with Crippen molar-refractivity contribution >= 4 is 17.2 Å². The number of hydrogen-bond donors (Lipinski definition) is 0. The molecule has 0 saturated carbocycles. The molecule has 0 aliphatic heterocycles. The first-order valence-corrected chi connectivity index (χ1v) is 3.74. The molecule has 0 spiro atoms. The molecular formula is C8H7ClN2. The Hall–Kier alpha value is -1.02. The molecule has 0 saturated heterocycles. The smallest absolute Gasteiger partial charge is 0.141 e. The number of fused-ring (bicyclic) bond motifs is 1. The van der Waals surface area contributed by atoms with Crippen LogP contribution in [-0.4, -0.2) is 9.38 Å². The minimum Gasteiger partial charge on any atom is -0.307 e. The Balaban J connectivity index is 2.93. The minimum absolute atomic E-state index is 0.767. The van der Waals surface area contributed by atoms with Gasteiger partial charge in [0.25, 0.3) is 0 Å². The number of nitrogens with zero attached hydrogens (tertiary/aromatic N) is 2. The molecule has 56 valence electrons. The standard InChI is InChI=1S/C8H7ClN2/c1-6-7(9)2-4-11-5-3-10-8(6)11/h2-5H,1H3. The Morgan fingerprint density at radius 3 is 3.09 bits per heavy atom. The van der Waals surface area contributed by atoms with Crippen LogP contribution in [-0.2, 0) is 0 Å². The lowest BCUT2D eigenvalue weighted by Gasteiger charge is -1.98. The van der Waals surface area contributed by atoms with Gasteiger partial charge in [-0.2, -0.15) is 0 Å². The highest BCUT2D eigenvalue weighted by Gasteiger charge is 2.00. The van der Waals surface area contributed by atoms with Crippen molar-refractivity contribution in [2.75, 3.05) is 0 Å². The van der Waals surface area contributed by atoms with Crippen molar-refractivity contribution in [2.45, 2.75) is 6.92 Å². The van der Waals surface area contributed by atoms with Gasteiger partial charge in [-0.15, -0.1) is 0 Å². The van der Waals surface area contributed by atoms with Crippen LogP contribution in [0.4, 0.5) is 0 Å². The van der Waals surface area contributed by atoms with Crippen LogP contribution in [0.15, 0.2) is 24.7 Å². The van der Waals surface area contributed by atoms with E-state index in [-0.39, 0.29) is 0 Å². The molecule has 0 aliphatic rings. The number of hydrogen-bond acceptors (Lipinski definition) is 1. The first kappa shape index (κ1) is 6.68. The summed E-state index contributed by atoms with van der Waals surface area (Å²) in [6.07, 6.45) is 5.56. The number of imidazole rings is 1. The second-order valence-corrected chi connectivity index (χ2v) is 2.85. The molecule has 0 aromatic carbocycles. The van der Waals surface area contributed by atoms with E-state index in [0.717, 1.165) is 16.2 Å². The Bertz CT molecular complexity index is 392. The molecular weight excluding hydrogens is 160 g/mol. The lowest BCUT2D eigenvalue weighted by Crippen LogP contribution is -1.86. The molecule has 0 amide bonds. The van der Waals surface area contributed by atoms with Gasteiger partial charge in [0.15, 0.2) is 0 Å². The summed E-state index contributed by atoms with van der Waals surface area (Å²) in [5, 5.41) is 0.767. The van der Waals surface area contributed by atoms with Crippen molar-refractivity contribution in [1.29, 1.82) is 0 Å². The molecule has 2 rings (SSSR count). The SMILES string of the molecule is Cc1c(Cl)ccn2ccnc12. The van der Waals surface area contributed by atoms with Gasteiger partial charge in [0, 0.05) is 29.2 Å². The zero-order valence-electron chi connectivity index (χ0n) is 6.08. The zero-order chi connectivity index (χ0) is 7.84. The number of pyridine rings is 1. The van der Waals surface area contributed by atoms with Crippen molar-refractivity contribution in [2.24, 2.45) is 0 Å². The van der Waals surface area contributed by atoms with E-state index in [0.29, 0.717) is 0 Å². The molecule has 0 unspecified atom stereocenters. The van der Waals surface area contributed by atoms with E-state index in [1.165, 1.54) is 0 Å². The van der Waals surface area contributed by atoms with E-state index in [1.54, 1.807) is 6.20 Å². The van der Waals surface area contributed by atoms with Crippen LogP contribution in [0.3, 0.4) is 0 Å². The predicted octanol–water partition coefficient (Wildman–Crippen LogP) is 2.30. The van der Waals surface area contributed by atoms with Gasteiger partial charge in [-0.25, -0.2) is 4.98 Å². The third-order valence-electron chi connectivity index (χ3n) is 1.74. The van der Waals surface area contributed by atoms with Crippen molar-refractivity contribution in [3.05, 3.63) is 35.2 Å². The lowest BCUT2D eigenvalue weighted by atomic mass is 10.3. The van der Waals surface area contributed by atoms with E-state index < -0.39 is 0 Å². The zero-order valence-corrected chi connectivity index (χ0v) is 6.84. The van der Waals surface area contributed by atoms with E-state index in [1.807, 2.05) is 29.8 Å². The van der Waals surface area contributed by atoms with Crippen molar-refractivity contribution in [1.82, 2.24) is 9.38 Å². The van der Waals surface area contributed by atoms with Gasteiger partial charge in [0.1, 0.15) is 5.65 Å². The maximum atomic E-state index is 5.89. The van der Waals surface area contributed by atoms with Gasteiger partial charge in [-0.05, 0) is 13.0 Å². The van der Waals surface area contributed by atoms with Gasteiger partial charge in [-0.1, -0.05) is 11.6 Å². The Kier molecular flexibility index (Phi) is 1.36. The third kappa shape index (κ3) is 0.906. The van der Waals surface area contributed by atoms with Crippen LogP contribution in [0.1, 0.15) is 5.56 Å². The molecule has 11 heavy (non-hydrogen) atoms. The quantitative estimate of drug-likeness (QED) is 0.587. The monoisotopic (exact) mass is 166 g/mol. The van der Waals surface area contributed by atoms with Crippen LogP contribution in [0.25, 0.3) is 5.65 Å². The maximum Gasteiger partial charge on any atom is 0.141 e. The Morgan fingerprint density at radius 2 is 2.27 bits per heavy atom. The fourth-order valence-corrected chi connectivity index (χ4v) is 1.24. The fraction of sp³-hybridized carbons (Fsp3) is 0.125. The summed E-state index contributed by atoms with van der Waals surface area (Å²) in [6, 6.07) is 1.87. The van der Waals surface area contributed by atoms with Gasteiger partial charge < -0.3 is 4.40 Å². The maximum absolute atomic E-state index is 5.89. The van der Waals surface area contributed by atoms with Crippen LogP contribution in [0, 0.1) is 6.92 Å². The van der Waals surface area contributed by atoms with Gasteiger partial charge in [0.05, 0.1) is 0 Å². The van der Waals surface area contributed by atoms with Crippen molar-refractivity contribution in [3.63, 3.8) is 0 Å². The van der Waals surface area contributed by atoms with Crippen LogP contribution in [0.5, 0.6) is 0 Å². The number of aromatic nitrogens is 2. The predicted molar refractivity (Wildman–Crippen MR) is 44.9 cm³/mol. The van der Waals surface area contributed by atoms with Crippen molar-refractivity contribution < 1.29 is 0 Å².